The zero-order valence-electron chi connectivity index (χ0n) is 14.9. The number of hydrogen-bond acceptors (Lipinski definition) is 3. The first-order valence-electron chi connectivity index (χ1n) is 9.09. The lowest BCUT2D eigenvalue weighted by molar-refractivity contribution is 0.0374. The summed E-state index contributed by atoms with van der Waals surface area (Å²) in [4.78, 5) is 15.0. The Kier molecular flexibility index (Phi) is 4.12. The minimum Gasteiger partial charge on any atom is -0.381 e. The highest BCUT2D eigenvalue weighted by Gasteiger charge is 2.46. The molecule has 0 spiro atoms. The zero-order chi connectivity index (χ0) is 17.4. The van der Waals surface area contributed by atoms with Crippen LogP contribution >= 0.6 is 0 Å². The van der Waals surface area contributed by atoms with E-state index in [1.165, 1.54) is 5.56 Å². The quantitative estimate of drug-likeness (QED) is 0.860. The van der Waals surface area contributed by atoms with Crippen LogP contribution in [0.15, 0.2) is 36.5 Å². The van der Waals surface area contributed by atoms with E-state index in [1.807, 2.05) is 24.2 Å². The molecule has 1 atom stereocenters. The van der Waals surface area contributed by atoms with Gasteiger partial charge >= 0.3 is 0 Å². The van der Waals surface area contributed by atoms with Gasteiger partial charge in [0.1, 0.15) is 0 Å². The number of carbonyl (C=O) groups is 1. The predicted molar refractivity (Wildman–Crippen MR) is 95.7 cm³/mol. The normalized spacial score (nSPS) is 22.0. The summed E-state index contributed by atoms with van der Waals surface area (Å²) in [5.74, 6) is 0.349. The van der Waals surface area contributed by atoms with Crippen LogP contribution in [0.4, 0.5) is 0 Å². The second-order valence-corrected chi connectivity index (χ2v) is 7.32. The maximum absolute atomic E-state index is 13.1. The van der Waals surface area contributed by atoms with Gasteiger partial charge in [-0.2, -0.15) is 5.10 Å². The summed E-state index contributed by atoms with van der Waals surface area (Å²) in [7, 11) is 1.88. The lowest BCUT2D eigenvalue weighted by atomic mass is 9.71. The topological polar surface area (TPSA) is 47.4 Å². The molecule has 1 unspecified atom stereocenters. The lowest BCUT2D eigenvalue weighted by Gasteiger charge is -2.50. The number of amides is 1. The summed E-state index contributed by atoms with van der Waals surface area (Å²) in [6.07, 6.45) is 3.85. The molecule has 2 aliphatic rings. The summed E-state index contributed by atoms with van der Waals surface area (Å²) in [6.45, 7) is 5.19. The van der Waals surface area contributed by atoms with Crippen LogP contribution in [0.25, 0.3) is 0 Å². The number of hydrogen-bond donors (Lipinski definition) is 0. The van der Waals surface area contributed by atoms with E-state index in [4.69, 9.17) is 4.74 Å². The van der Waals surface area contributed by atoms with Gasteiger partial charge in [0.15, 0.2) is 0 Å². The third-order valence-electron chi connectivity index (χ3n) is 5.74. The highest BCUT2D eigenvalue weighted by molar-refractivity contribution is 5.96. The fourth-order valence-electron chi connectivity index (χ4n) is 4.12. The molecule has 4 rings (SSSR count). The van der Waals surface area contributed by atoms with Crippen LogP contribution in [0.3, 0.4) is 0 Å². The first-order chi connectivity index (χ1) is 12.1. The number of rotatable bonds is 4. The van der Waals surface area contributed by atoms with E-state index < -0.39 is 0 Å². The molecule has 0 saturated carbocycles. The first-order valence-corrected chi connectivity index (χ1v) is 9.09. The van der Waals surface area contributed by atoms with Crippen molar-refractivity contribution < 1.29 is 9.53 Å². The standard InChI is InChI=1S/C20H25N3O2/c1-3-20(16-7-5-4-6-8-16)13-23(14-20)19(24)17-11-22(2)21-18(17)15-9-10-25-12-15/h4-8,11,15H,3,9-10,12-14H2,1-2H3. The largest absolute Gasteiger partial charge is 0.381 e. The molecular weight excluding hydrogens is 314 g/mol. The van der Waals surface area contributed by atoms with Crippen molar-refractivity contribution in [3.63, 3.8) is 0 Å². The van der Waals surface area contributed by atoms with E-state index in [9.17, 15) is 4.79 Å². The van der Waals surface area contributed by atoms with Gasteiger partial charge in [-0.1, -0.05) is 37.3 Å². The highest BCUT2D eigenvalue weighted by atomic mass is 16.5. The van der Waals surface area contributed by atoms with Gasteiger partial charge in [0.2, 0.25) is 0 Å². The van der Waals surface area contributed by atoms with Gasteiger partial charge in [0.25, 0.3) is 5.91 Å². The Morgan fingerprint density at radius 2 is 2.08 bits per heavy atom. The van der Waals surface area contributed by atoms with E-state index in [1.54, 1.807) is 4.68 Å². The molecule has 1 amide bonds. The second kappa shape index (κ2) is 6.30. The van der Waals surface area contributed by atoms with Crippen LogP contribution in [0, 0.1) is 0 Å². The molecule has 2 aromatic rings. The van der Waals surface area contributed by atoms with E-state index in [0.717, 1.165) is 43.8 Å². The summed E-state index contributed by atoms with van der Waals surface area (Å²) in [5, 5.41) is 4.56. The minimum atomic E-state index is 0.0930. The van der Waals surface area contributed by atoms with Crippen LogP contribution in [0.1, 0.15) is 47.3 Å². The SMILES string of the molecule is CCC1(c2ccccc2)CN(C(=O)c2cn(C)nc2C2CCOC2)C1. The Morgan fingerprint density at radius 3 is 2.72 bits per heavy atom. The van der Waals surface area contributed by atoms with E-state index in [2.05, 4.69) is 36.3 Å². The number of ether oxygens (including phenoxy) is 1. The molecule has 2 saturated heterocycles. The molecule has 2 aliphatic heterocycles. The molecule has 1 aromatic heterocycles. The van der Waals surface area contributed by atoms with Crippen LogP contribution in [-0.4, -0.2) is 46.9 Å². The summed E-state index contributed by atoms with van der Waals surface area (Å²) in [6, 6.07) is 10.6. The summed E-state index contributed by atoms with van der Waals surface area (Å²) < 4.78 is 7.25. The Hall–Kier alpha value is -2.14. The van der Waals surface area contributed by atoms with Gasteiger partial charge in [-0.05, 0) is 18.4 Å². The van der Waals surface area contributed by atoms with Crippen LogP contribution in [0.5, 0.6) is 0 Å². The maximum atomic E-state index is 13.1. The predicted octanol–water partition coefficient (Wildman–Crippen LogP) is 2.73. The minimum absolute atomic E-state index is 0.0930. The molecule has 3 heterocycles. The Morgan fingerprint density at radius 1 is 1.32 bits per heavy atom. The van der Waals surface area contributed by atoms with Crippen LogP contribution < -0.4 is 0 Å². The number of benzene rings is 1. The lowest BCUT2D eigenvalue weighted by Crippen LogP contribution is -2.61. The van der Waals surface area contributed by atoms with Gasteiger partial charge in [-0.25, -0.2) is 0 Å². The zero-order valence-corrected chi connectivity index (χ0v) is 14.9. The van der Waals surface area contributed by atoms with Gasteiger partial charge in [-0.3, -0.25) is 9.48 Å². The fraction of sp³-hybridized carbons (Fsp3) is 0.500. The molecule has 5 nitrogen and oxygen atoms in total. The number of aryl methyl sites for hydroxylation is 1. The van der Waals surface area contributed by atoms with Crippen LogP contribution in [-0.2, 0) is 17.2 Å². The number of likely N-dealkylation sites (tertiary alicyclic amines) is 1. The smallest absolute Gasteiger partial charge is 0.257 e. The molecule has 5 heteroatoms. The van der Waals surface area contributed by atoms with Crippen molar-refractivity contribution in [2.45, 2.75) is 31.1 Å². The van der Waals surface area contributed by atoms with Gasteiger partial charge in [0, 0.05) is 44.3 Å². The van der Waals surface area contributed by atoms with E-state index in [0.29, 0.717) is 6.61 Å². The van der Waals surface area contributed by atoms with Gasteiger partial charge in [0.05, 0.1) is 17.9 Å². The maximum Gasteiger partial charge on any atom is 0.257 e. The highest BCUT2D eigenvalue weighted by Crippen LogP contribution is 2.39. The Balaban J connectivity index is 1.54. The molecule has 0 bridgehead atoms. The third kappa shape index (κ3) is 2.76. The fourth-order valence-corrected chi connectivity index (χ4v) is 4.12. The molecule has 2 fully saturated rings. The van der Waals surface area contributed by atoms with Crippen molar-refractivity contribution in [3.8, 4) is 0 Å². The molecule has 1 aromatic carbocycles. The van der Waals surface area contributed by atoms with Crippen molar-refractivity contribution in [2.75, 3.05) is 26.3 Å². The molecule has 0 radical (unpaired) electrons. The monoisotopic (exact) mass is 339 g/mol. The number of aromatic nitrogens is 2. The Bertz CT molecular complexity index is 757. The van der Waals surface area contributed by atoms with Crippen molar-refractivity contribution in [1.29, 1.82) is 0 Å². The average Bonchev–Trinajstić information content (AvgIpc) is 3.24. The number of nitrogens with zero attached hydrogens (tertiary/aromatic N) is 3. The van der Waals surface area contributed by atoms with Gasteiger partial charge in [-0.15, -0.1) is 0 Å². The van der Waals surface area contributed by atoms with Gasteiger partial charge < -0.3 is 9.64 Å². The molecule has 25 heavy (non-hydrogen) atoms. The first kappa shape index (κ1) is 16.3. The van der Waals surface area contributed by atoms with Crippen molar-refractivity contribution in [2.24, 2.45) is 7.05 Å². The second-order valence-electron chi connectivity index (χ2n) is 7.32. The van der Waals surface area contributed by atoms with Crippen molar-refractivity contribution in [3.05, 3.63) is 53.3 Å². The third-order valence-corrected chi connectivity index (χ3v) is 5.74. The average molecular weight is 339 g/mol. The van der Waals surface area contributed by atoms with Crippen molar-refractivity contribution >= 4 is 5.91 Å². The van der Waals surface area contributed by atoms with E-state index >= 15 is 0 Å². The van der Waals surface area contributed by atoms with E-state index in [-0.39, 0.29) is 17.2 Å². The molecular formula is C20H25N3O2. The molecule has 132 valence electrons. The summed E-state index contributed by atoms with van der Waals surface area (Å²) in [5.41, 5.74) is 3.07. The van der Waals surface area contributed by atoms with Crippen LogP contribution in [0.2, 0.25) is 0 Å². The molecule has 0 aliphatic carbocycles. The molecule has 0 N–H and O–H groups in total. The number of carbonyl (C=O) groups excluding carboxylic acids is 1. The Labute approximate surface area is 148 Å². The van der Waals surface area contributed by atoms with Crippen molar-refractivity contribution in [1.82, 2.24) is 14.7 Å². The summed E-state index contributed by atoms with van der Waals surface area (Å²) >= 11 is 0.